The second-order valence-corrected chi connectivity index (χ2v) is 7.17. The quantitative estimate of drug-likeness (QED) is 0.772. The summed E-state index contributed by atoms with van der Waals surface area (Å²) in [4.78, 5) is 11.7. The van der Waals surface area contributed by atoms with Gasteiger partial charge in [0, 0.05) is 12.0 Å². The highest BCUT2D eigenvalue weighted by Crippen LogP contribution is 2.23. The van der Waals surface area contributed by atoms with Gasteiger partial charge in [-0.1, -0.05) is 18.2 Å². The molecular formula is C14H18O5S. The SMILES string of the molecule is COc1ccccc1COC(=O)CC1CCS(=O)(=O)C1. The summed E-state index contributed by atoms with van der Waals surface area (Å²) in [6, 6.07) is 7.31. The molecule has 110 valence electrons. The third-order valence-corrected chi connectivity index (χ3v) is 5.20. The fraction of sp³-hybridized carbons (Fsp3) is 0.500. The minimum Gasteiger partial charge on any atom is -0.496 e. The smallest absolute Gasteiger partial charge is 0.306 e. The summed E-state index contributed by atoms with van der Waals surface area (Å²) >= 11 is 0. The second kappa shape index (κ2) is 6.26. The molecule has 0 amide bonds. The number of rotatable bonds is 5. The Balaban J connectivity index is 1.84. The van der Waals surface area contributed by atoms with E-state index in [1.807, 2.05) is 18.2 Å². The van der Waals surface area contributed by atoms with Crippen molar-refractivity contribution in [3.8, 4) is 5.75 Å². The normalized spacial score (nSPS) is 20.6. The molecule has 0 aromatic heterocycles. The lowest BCUT2D eigenvalue weighted by Gasteiger charge is -2.10. The number of esters is 1. The molecule has 20 heavy (non-hydrogen) atoms. The van der Waals surface area contributed by atoms with Crippen molar-refractivity contribution in [2.45, 2.75) is 19.4 Å². The standard InChI is InChI=1S/C14H18O5S/c1-18-13-5-3-2-4-12(13)9-19-14(15)8-11-6-7-20(16,17)10-11/h2-5,11H,6-10H2,1H3. The molecule has 0 N–H and O–H groups in total. The molecule has 1 atom stereocenters. The number of ether oxygens (including phenoxy) is 2. The van der Waals surface area contributed by atoms with E-state index in [0.29, 0.717) is 12.2 Å². The maximum atomic E-state index is 11.7. The minimum atomic E-state index is -2.95. The highest BCUT2D eigenvalue weighted by molar-refractivity contribution is 7.91. The number of para-hydroxylation sites is 1. The van der Waals surface area contributed by atoms with Crippen LogP contribution in [0.1, 0.15) is 18.4 Å². The molecule has 0 radical (unpaired) electrons. The zero-order valence-electron chi connectivity index (χ0n) is 11.4. The van der Waals surface area contributed by atoms with Crippen LogP contribution in [0.4, 0.5) is 0 Å². The van der Waals surface area contributed by atoms with Gasteiger partial charge in [0.25, 0.3) is 0 Å². The lowest BCUT2D eigenvalue weighted by atomic mass is 10.1. The number of hydrogen-bond acceptors (Lipinski definition) is 5. The molecule has 5 nitrogen and oxygen atoms in total. The summed E-state index contributed by atoms with van der Waals surface area (Å²) in [6.45, 7) is 0.141. The first kappa shape index (κ1) is 14.8. The number of hydrogen-bond donors (Lipinski definition) is 0. The summed E-state index contributed by atoms with van der Waals surface area (Å²) in [7, 11) is -1.39. The Morgan fingerprint density at radius 2 is 2.10 bits per heavy atom. The van der Waals surface area contributed by atoms with Crippen LogP contribution in [0.25, 0.3) is 0 Å². The first-order chi connectivity index (χ1) is 9.50. The molecule has 6 heteroatoms. The van der Waals surface area contributed by atoms with Gasteiger partial charge in [-0.3, -0.25) is 4.79 Å². The molecule has 1 aromatic rings. The Labute approximate surface area is 118 Å². The van der Waals surface area contributed by atoms with Crippen LogP contribution in [-0.2, 0) is 26.0 Å². The largest absolute Gasteiger partial charge is 0.496 e. The molecule has 1 heterocycles. The average Bonchev–Trinajstić information content (AvgIpc) is 2.76. The maximum Gasteiger partial charge on any atom is 0.306 e. The van der Waals surface area contributed by atoms with E-state index in [9.17, 15) is 13.2 Å². The van der Waals surface area contributed by atoms with E-state index in [0.717, 1.165) is 5.56 Å². The van der Waals surface area contributed by atoms with Crippen molar-refractivity contribution in [1.82, 2.24) is 0 Å². The van der Waals surface area contributed by atoms with Crippen molar-refractivity contribution >= 4 is 15.8 Å². The van der Waals surface area contributed by atoms with Crippen LogP contribution in [-0.4, -0.2) is 33.0 Å². The van der Waals surface area contributed by atoms with Crippen molar-refractivity contribution in [2.24, 2.45) is 5.92 Å². The highest BCUT2D eigenvalue weighted by Gasteiger charge is 2.29. The number of sulfone groups is 1. The van der Waals surface area contributed by atoms with Gasteiger partial charge in [0.05, 0.1) is 18.6 Å². The van der Waals surface area contributed by atoms with Gasteiger partial charge in [0.2, 0.25) is 0 Å². The predicted octanol–water partition coefficient (Wildman–Crippen LogP) is 1.56. The van der Waals surface area contributed by atoms with Crippen molar-refractivity contribution in [1.29, 1.82) is 0 Å². The van der Waals surface area contributed by atoms with Crippen LogP contribution in [0.15, 0.2) is 24.3 Å². The Morgan fingerprint density at radius 3 is 2.75 bits per heavy atom. The second-order valence-electron chi connectivity index (χ2n) is 4.95. The fourth-order valence-corrected chi connectivity index (χ4v) is 4.17. The summed E-state index contributed by atoms with van der Waals surface area (Å²) in [5.74, 6) is 0.473. The van der Waals surface area contributed by atoms with Crippen molar-refractivity contribution in [2.75, 3.05) is 18.6 Å². The van der Waals surface area contributed by atoms with Gasteiger partial charge in [-0.2, -0.15) is 0 Å². The molecular weight excluding hydrogens is 280 g/mol. The summed E-state index contributed by atoms with van der Waals surface area (Å²) in [5, 5.41) is 0. The topological polar surface area (TPSA) is 69.7 Å². The number of carbonyl (C=O) groups is 1. The predicted molar refractivity (Wildman–Crippen MR) is 74.2 cm³/mol. The van der Waals surface area contributed by atoms with Gasteiger partial charge < -0.3 is 9.47 Å². The van der Waals surface area contributed by atoms with Crippen LogP contribution >= 0.6 is 0 Å². The average molecular weight is 298 g/mol. The van der Waals surface area contributed by atoms with Gasteiger partial charge in [0.1, 0.15) is 12.4 Å². The van der Waals surface area contributed by atoms with E-state index in [1.165, 1.54) is 0 Å². The Bertz CT molecular complexity index is 579. The molecule has 1 unspecified atom stereocenters. The van der Waals surface area contributed by atoms with Crippen LogP contribution in [0, 0.1) is 5.92 Å². The molecule has 0 bridgehead atoms. The van der Waals surface area contributed by atoms with Crippen LogP contribution in [0.3, 0.4) is 0 Å². The Hall–Kier alpha value is -1.56. The van der Waals surface area contributed by atoms with Crippen molar-refractivity contribution in [3.63, 3.8) is 0 Å². The van der Waals surface area contributed by atoms with E-state index in [-0.39, 0.29) is 36.4 Å². The number of methoxy groups -OCH3 is 1. The zero-order chi connectivity index (χ0) is 14.6. The monoisotopic (exact) mass is 298 g/mol. The zero-order valence-corrected chi connectivity index (χ0v) is 12.2. The summed E-state index contributed by atoms with van der Waals surface area (Å²) < 4.78 is 33.0. The lowest BCUT2D eigenvalue weighted by Crippen LogP contribution is -2.13. The van der Waals surface area contributed by atoms with Crippen molar-refractivity contribution in [3.05, 3.63) is 29.8 Å². The first-order valence-electron chi connectivity index (χ1n) is 6.48. The lowest BCUT2D eigenvalue weighted by molar-refractivity contribution is -0.145. The van der Waals surface area contributed by atoms with E-state index in [2.05, 4.69) is 0 Å². The van der Waals surface area contributed by atoms with E-state index >= 15 is 0 Å². The molecule has 2 rings (SSSR count). The maximum absolute atomic E-state index is 11.7. The molecule has 1 saturated heterocycles. The van der Waals surface area contributed by atoms with Crippen LogP contribution in [0.2, 0.25) is 0 Å². The van der Waals surface area contributed by atoms with E-state index < -0.39 is 9.84 Å². The van der Waals surface area contributed by atoms with Gasteiger partial charge in [-0.15, -0.1) is 0 Å². The highest BCUT2D eigenvalue weighted by atomic mass is 32.2. The summed E-state index contributed by atoms with van der Waals surface area (Å²) in [5.41, 5.74) is 0.794. The molecule has 0 spiro atoms. The van der Waals surface area contributed by atoms with Gasteiger partial charge in [-0.25, -0.2) is 8.42 Å². The van der Waals surface area contributed by atoms with Crippen molar-refractivity contribution < 1.29 is 22.7 Å². The molecule has 0 saturated carbocycles. The molecule has 1 aromatic carbocycles. The molecule has 1 fully saturated rings. The minimum absolute atomic E-state index is 0.0940. The Morgan fingerprint density at radius 1 is 1.35 bits per heavy atom. The van der Waals surface area contributed by atoms with E-state index in [4.69, 9.17) is 9.47 Å². The molecule has 1 aliphatic rings. The summed E-state index contributed by atoms with van der Waals surface area (Å²) in [6.07, 6.45) is 0.709. The van der Waals surface area contributed by atoms with Gasteiger partial charge in [0.15, 0.2) is 9.84 Å². The third kappa shape index (κ3) is 3.96. The molecule has 1 aliphatic heterocycles. The van der Waals surface area contributed by atoms with Gasteiger partial charge in [-0.05, 0) is 18.4 Å². The molecule has 0 aliphatic carbocycles. The number of carbonyl (C=O) groups excluding carboxylic acids is 1. The van der Waals surface area contributed by atoms with Gasteiger partial charge >= 0.3 is 5.97 Å². The Kier molecular flexibility index (Phi) is 4.65. The first-order valence-corrected chi connectivity index (χ1v) is 8.30. The van der Waals surface area contributed by atoms with E-state index in [1.54, 1.807) is 13.2 Å². The van der Waals surface area contributed by atoms with Crippen LogP contribution < -0.4 is 4.74 Å². The fourth-order valence-electron chi connectivity index (χ4n) is 2.31. The van der Waals surface area contributed by atoms with Crippen LogP contribution in [0.5, 0.6) is 5.75 Å². The third-order valence-electron chi connectivity index (χ3n) is 3.36. The number of benzene rings is 1.